The fraction of sp³-hybridized carbons (Fsp3) is 0.200. The first-order chi connectivity index (χ1) is 16.1. The number of rotatable bonds is 8. The van der Waals surface area contributed by atoms with Crippen LogP contribution in [0.25, 0.3) is 21.8 Å². The van der Waals surface area contributed by atoms with Crippen molar-refractivity contribution in [3.8, 4) is 5.75 Å². The standard InChI is InChI=1S/C25H26N6O2/c1-15-21(14-32)20-11-17(3-5-23(20)29-15)30-24-8-10-27-25(31-24)26-9-7-16-13-28-22-6-4-18(33-2)12-19(16)22/h3-6,8,10-13,28-29,32H,7,9,14H2,1-2H3,(H2,26,27,30,31). The number of hydrogen-bond donors (Lipinski definition) is 5. The Hall–Kier alpha value is -4.04. The van der Waals surface area contributed by atoms with Gasteiger partial charge >= 0.3 is 0 Å². The van der Waals surface area contributed by atoms with Crippen LogP contribution < -0.4 is 15.4 Å². The lowest BCUT2D eigenvalue weighted by molar-refractivity contribution is 0.282. The van der Waals surface area contributed by atoms with Gasteiger partial charge in [0.1, 0.15) is 11.6 Å². The Balaban J connectivity index is 1.27. The van der Waals surface area contributed by atoms with Gasteiger partial charge in [0, 0.05) is 57.7 Å². The molecule has 0 aliphatic heterocycles. The van der Waals surface area contributed by atoms with Crippen LogP contribution in [0.1, 0.15) is 16.8 Å². The molecule has 8 heteroatoms. The number of ether oxygens (including phenoxy) is 1. The lowest BCUT2D eigenvalue weighted by Gasteiger charge is -2.09. The highest BCUT2D eigenvalue weighted by molar-refractivity contribution is 5.88. The van der Waals surface area contributed by atoms with Crippen molar-refractivity contribution in [1.82, 2.24) is 19.9 Å². The lowest BCUT2D eigenvalue weighted by atomic mass is 10.1. The highest BCUT2D eigenvalue weighted by Gasteiger charge is 2.09. The fourth-order valence-electron chi connectivity index (χ4n) is 4.13. The van der Waals surface area contributed by atoms with Gasteiger partial charge in [-0.2, -0.15) is 4.98 Å². The van der Waals surface area contributed by atoms with Crippen LogP contribution in [0.2, 0.25) is 0 Å². The van der Waals surface area contributed by atoms with Crippen LogP contribution in [0, 0.1) is 6.92 Å². The zero-order valence-corrected chi connectivity index (χ0v) is 18.6. The Morgan fingerprint density at radius 3 is 2.79 bits per heavy atom. The van der Waals surface area contributed by atoms with Crippen LogP contribution in [-0.2, 0) is 13.0 Å². The van der Waals surface area contributed by atoms with Crippen molar-refractivity contribution >= 4 is 39.3 Å². The Labute approximate surface area is 191 Å². The minimum Gasteiger partial charge on any atom is -0.497 e. The van der Waals surface area contributed by atoms with Gasteiger partial charge < -0.3 is 30.4 Å². The molecule has 0 aliphatic rings. The van der Waals surface area contributed by atoms with Gasteiger partial charge in [0.05, 0.1) is 13.7 Å². The molecule has 0 spiro atoms. The van der Waals surface area contributed by atoms with E-state index in [1.807, 2.05) is 55.6 Å². The minimum atomic E-state index is 0.0000716. The molecule has 8 nitrogen and oxygen atoms in total. The van der Waals surface area contributed by atoms with Crippen molar-refractivity contribution in [3.63, 3.8) is 0 Å². The summed E-state index contributed by atoms with van der Waals surface area (Å²) in [4.78, 5) is 15.5. The normalized spacial score (nSPS) is 11.2. The third-order valence-corrected chi connectivity index (χ3v) is 5.86. The monoisotopic (exact) mass is 442 g/mol. The number of aliphatic hydroxyl groups excluding tert-OH is 1. The number of nitrogens with zero attached hydrogens (tertiary/aromatic N) is 2. The summed E-state index contributed by atoms with van der Waals surface area (Å²) in [5, 5.41) is 18.5. The van der Waals surface area contributed by atoms with Gasteiger partial charge in [-0.25, -0.2) is 4.98 Å². The second kappa shape index (κ2) is 8.84. The van der Waals surface area contributed by atoms with E-state index >= 15 is 0 Å². The Morgan fingerprint density at radius 2 is 1.94 bits per heavy atom. The SMILES string of the molecule is COc1ccc2[nH]cc(CCNc3nccc(Nc4ccc5[nH]c(C)c(CO)c5c4)n3)c2c1. The topological polar surface area (TPSA) is 111 Å². The number of benzene rings is 2. The molecule has 0 saturated heterocycles. The van der Waals surface area contributed by atoms with Gasteiger partial charge in [0.2, 0.25) is 5.95 Å². The number of nitrogens with one attached hydrogen (secondary N) is 4. The summed E-state index contributed by atoms with van der Waals surface area (Å²) in [5.74, 6) is 2.10. The van der Waals surface area contributed by atoms with E-state index in [9.17, 15) is 5.11 Å². The highest BCUT2D eigenvalue weighted by atomic mass is 16.5. The number of H-pyrrole nitrogens is 2. The van der Waals surface area contributed by atoms with E-state index in [0.717, 1.165) is 50.9 Å². The second-order valence-corrected chi connectivity index (χ2v) is 7.94. The van der Waals surface area contributed by atoms with Gasteiger partial charge in [0.25, 0.3) is 0 Å². The number of methoxy groups -OCH3 is 1. The number of aromatic nitrogens is 4. The van der Waals surface area contributed by atoms with Crippen molar-refractivity contribution in [3.05, 3.63) is 71.7 Å². The molecule has 5 rings (SSSR count). The average Bonchev–Trinajstić information content (AvgIpc) is 3.38. The summed E-state index contributed by atoms with van der Waals surface area (Å²) in [6, 6.07) is 13.9. The maximum Gasteiger partial charge on any atom is 0.224 e. The average molecular weight is 443 g/mol. The van der Waals surface area contributed by atoms with Crippen LogP contribution >= 0.6 is 0 Å². The molecule has 0 amide bonds. The van der Waals surface area contributed by atoms with Crippen LogP contribution in [-0.4, -0.2) is 38.7 Å². The maximum atomic E-state index is 9.68. The third-order valence-electron chi connectivity index (χ3n) is 5.86. The molecule has 0 fully saturated rings. The molecular formula is C25H26N6O2. The van der Waals surface area contributed by atoms with E-state index < -0.39 is 0 Å². The predicted octanol–water partition coefficient (Wildman–Crippen LogP) is 4.65. The van der Waals surface area contributed by atoms with E-state index in [0.29, 0.717) is 18.3 Å². The van der Waals surface area contributed by atoms with Crippen LogP contribution in [0.15, 0.2) is 54.9 Å². The first-order valence-corrected chi connectivity index (χ1v) is 10.8. The van der Waals surface area contributed by atoms with E-state index in [-0.39, 0.29) is 6.61 Å². The molecule has 0 bridgehead atoms. The van der Waals surface area contributed by atoms with E-state index in [1.165, 1.54) is 5.56 Å². The van der Waals surface area contributed by atoms with Crippen molar-refractivity contribution in [1.29, 1.82) is 0 Å². The predicted molar refractivity (Wildman–Crippen MR) is 131 cm³/mol. The van der Waals surface area contributed by atoms with Gasteiger partial charge in [-0.1, -0.05) is 0 Å². The van der Waals surface area contributed by atoms with Crippen molar-refractivity contribution in [2.24, 2.45) is 0 Å². The zero-order valence-electron chi connectivity index (χ0n) is 18.6. The Bertz CT molecular complexity index is 1420. The summed E-state index contributed by atoms with van der Waals surface area (Å²) in [7, 11) is 1.68. The summed E-state index contributed by atoms with van der Waals surface area (Å²) in [5.41, 5.74) is 6.09. The maximum absolute atomic E-state index is 9.68. The van der Waals surface area contributed by atoms with Crippen LogP contribution in [0.5, 0.6) is 5.75 Å². The molecule has 168 valence electrons. The highest BCUT2D eigenvalue weighted by Crippen LogP contribution is 2.27. The molecule has 0 saturated carbocycles. The number of aliphatic hydroxyl groups is 1. The molecule has 3 aromatic heterocycles. The summed E-state index contributed by atoms with van der Waals surface area (Å²) < 4.78 is 5.35. The molecule has 5 N–H and O–H groups in total. The van der Waals surface area contributed by atoms with Gasteiger partial charge in [-0.05, 0) is 61.4 Å². The van der Waals surface area contributed by atoms with E-state index in [2.05, 4.69) is 30.6 Å². The first kappa shape index (κ1) is 20.8. The quantitative estimate of drug-likeness (QED) is 0.239. The number of aryl methyl sites for hydroxylation is 1. The third kappa shape index (κ3) is 4.20. The van der Waals surface area contributed by atoms with E-state index in [1.54, 1.807) is 13.3 Å². The molecule has 0 unspecified atom stereocenters. The van der Waals surface area contributed by atoms with Gasteiger partial charge in [0.15, 0.2) is 0 Å². The number of aromatic amines is 2. The van der Waals surface area contributed by atoms with Crippen molar-refractivity contribution in [2.75, 3.05) is 24.3 Å². The minimum absolute atomic E-state index is 0.0000716. The molecule has 0 aliphatic carbocycles. The molecule has 5 aromatic rings. The molecule has 0 atom stereocenters. The van der Waals surface area contributed by atoms with Crippen LogP contribution in [0.3, 0.4) is 0 Å². The molecule has 33 heavy (non-hydrogen) atoms. The second-order valence-electron chi connectivity index (χ2n) is 7.94. The Kier molecular flexibility index (Phi) is 5.58. The van der Waals surface area contributed by atoms with Crippen molar-refractivity contribution in [2.45, 2.75) is 20.0 Å². The smallest absolute Gasteiger partial charge is 0.224 e. The number of anilines is 3. The van der Waals surface area contributed by atoms with Gasteiger partial charge in [-0.15, -0.1) is 0 Å². The van der Waals surface area contributed by atoms with Crippen LogP contribution in [0.4, 0.5) is 17.5 Å². The molecule has 0 radical (unpaired) electrons. The largest absolute Gasteiger partial charge is 0.497 e. The summed E-state index contributed by atoms with van der Waals surface area (Å²) in [6.07, 6.45) is 4.58. The Morgan fingerprint density at radius 1 is 1.06 bits per heavy atom. The molecule has 2 aromatic carbocycles. The van der Waals surface area contributed by atoms with Crippen molar-refractivity contribution < 1.29 is 9.84 Å². The number of fused-ring (bicyclic) bond motifs is 2. The van der Waals surface area contributed by atoms with Gasteiger partial charge in [-0.3, -0.25) is 0 Å². The number of hydrogen-bond acceptors (Lipinski definition) is 6. The molecule has 3 heterocycles. The molecular weight excluding hydrogens is 416 g/mol. The fourth-order valence-corrected chi connectivity index (χ4v) is 4.13. The lowest BCUT2D eigenvalue weighted by Crippen LogP contribution is -2.08. The zero-order chi connectivity index (χ0) is 22.8. The summed E-state index contributed by atoms with van der Waals surface area (Å²) in [6.45, 7) is 2.66. The first-order valence-electron chi connectivity index (χ1n) is 10.8. The van der Waals surface area contributed by atoms with E-state index in [4.69, 9.17) is 4.74 Å². The summed E-state index contributed by atoms with van der Waals surface area (Å²) >= 11 is 0.